The fraction of sp³-hybridized carbons (Fsp3) is 0.231. The van der Waals surface area contributed by atoms with Gasteiger partial charge in [0.2, 0.25) is 0 Å². The third-order valence-corrected chi connectivity index (χ3v) is 14.2. The SMILES string of the molecule is C1=CCC(c2ccccc2N(c2ccc(-c3cccc4c3oc3ccccc34)cc2)c2ccc3c(c2)C2(c4ccccc4-3)C3CC4CC(C3)CC2C4)C=C1. The summed E-state index contributed by atoms with van der Waals surface area (Å²) in [6, 6.07) is 50.2. The van der Waals surface area contributed by atoms with Gasteiger partial charge in [-0.1, -0.05) is 121 Å². The van der Waals surface area contributed by atoms with E-state index in [1.807, 2.05) is 6.07 Å². The number of nitrogens with zero attached hydrogens (tertiary/aromatic N) is 1. The van der Waals surface area contributed by atoms with E-state index in [0.717, 1.165) is 63.2 Å². The smallest absolute Gasteiger partial charge is 0.143 e. The second kappa shape index (κ2) is 11.7. The molecule has 1 spiro atoms. The molecule has 2 nitrogen and oxygen atoms in total. The van der Waals surface area contributed by atoms with E-state index in [2.05, 4.69) is 157 Å². The number of rotatable bonds is 5. The van der Waals surface area contributed by atoms with Crippen LogP contribution < -0.4 is 4.90 Å². The molecule has 262 valence electrons. The zero-order valence-corrected chi connectivity index (χ0v) is 30.5. The maximum atomic E-state index is 6.48. The maximum absolute atomic E-state index is 6.48. The second-order valence-electron chi connectivity index (χ2n) is 16.8. The van der Waals surface area contributed by atoms with Crippen molar-refractivity contribution in [3.63, 3.8) is 0 Å². The number of fused-ring (bicyclic) bond motifs is 6. The van der Waals surface area contributed by atoms with E-state index in [4.69, 9.17) is 4.42 Å². The number of allylic oxidation sites excluding steroid dienone is 4. The average molecular weight is 698 g/mol. The normalized spacial score (nSPS) is 25.8. The zero-order valence-electron chi connectivity index (χ0n) is 30.5. The first-order valence-corrected chi connectivity index (χ1v) is 20.2. The van der Waals surface area contributed by atoms with Crippen LogP contribution in [-0.2, 0) is 5.41 Å². The molecular weight excluding hydrogens is 655 g/mol. The molecule has 4 saturated carbocycles. The highest BCUT2D eigenvalue weighted by molar-refractivity contribution is 6.09. The first-order valence-electron chi connectivity index (χ1n) is 20.2. The number of benzene rings is 6. The highest BCUT2D eigenvalue weighted by atomic mass is 16.3. The second-order valence-corrected chi connectivity index (χ2v) is 16.8. The van der Waals surface area contributed by atoms with Crippen molar-refractivity contribution in [3.05, 3.63) is 174 Å². The molecule has 4 bridgehead atoms. The van der Waals surface area contributed by atoms with Gasteiger partial charge in [0.15, 0.2) is 0 Å². The molecule has 6 aliphatic carbocycles. The standard InChI is InChI=1S/C52H43NO/c1-2-11-35(12-3-1)41-13-5-8-19-49(41)53(39-23-21-36(22-24-39)42-16-10-17-46-45-15-6-9-20-50(45)54-51(42)46)40-25-26-44-43-14-4-7-18-47(43)52(48(44)32-40)37-28-33-27-34(30-37)31-38(52)29-33/h1-11,13-26,32-35,37-38H,12,27-31H2. The van der Waals surface area contributed by atoms with Crippen molar-refractivity contribution >= 4 is 39.0 Å². The predicted molar refractivity (Wildman–Crippen MR) is 223 cm³/mol. The van der Waals surface area contributed by atoms with E-state index in [0.29, 0.717) is 5.92 Å². The van der Waals surface area contributed by atoms with Crippen molar-refractivity contribution in [2.75, 3.05) is 4.90 Å². The van der Waals surface area contributed by atoms with Gasteiger partial charge in [-0.3, -0.25) is 0 Å². The van der Waals surface area contributed by atoms with E-state index in [1.165, 1.54) is 65.9 Å². The minimum atomic E-state index is 0.118. The number of hydrogen-bond donors (Lipinski definition) is 0. The number of para-hydroxylation sites is 3. The van der Waals surface area contributed by atoms with Crippen LogP contribution in [0.5, 0.6) is 0 Å². The Morgan fingerprint density at radius 2 is 1.26 bits per heavy atom. The van der Waals surface area contributed by atoms with Gasteiger partial charge in [-0.15, -0.1) is 0 Å². The Balaban J connectivity index is 1.03. The third-order valence-electron chi connectivity index (χ3n) is 14.2. The molecule has 1 atom stereocenters. The third kappa shape index (κ3) is 4.34. The molecule has 6 aromatic carbocycles. The van der Waals surface area contributed by atoms with Gasteiger partial charge in [0.25, 0.3) is 0 Å². The van der Waals surface area contributed by atoms with Crippen LogP contribution in [0.4, 0.5) is 17.1 Å². The topological polar surface area (TPSA) is 16.4 Å². The van der Waals surface area contributed by atoms with Crippen molar-refractivity contribution in [1.29, 1.82) is 0 Å². The van der Waals surface area contributed by atoms with E-state index < -0.39 is 0 Å². The first kappa shape index (κ1) is 30.8. The summed E-state index contributed by atoms with van der Waals surface area (Å²) in [4.78, 5) is 2.56. The van der Waals surface area contributed by atoms with Gasteiger partial charge < -0.3 is 9.32 Å². The fourth-order valence-corrected chi connectivity index (χ4v) is 12.3. The number of hydrogen-bond acceptors (Lipinski definition) is 2. The van der Waals surface area contributed by atoms with Crippen molar-refractivity contribution in [2.24, 2.45) is 23.7 Å². The van der Waals surface area contributed by atoms with Crippen molar-refractivity contribution in [3.8, 4) is 22.3 Å². The van der Waals surface area contributed by atoms with Crippen molar-refractivity contribution < 1.29 is 4.42 Å². The Bertz CT molecular complexity index is 2640. The van der Waals surface area contributed by atoms with Gasteiger partial charge in [-0.25, -0.2) is 0 Å². The zero-order chi connectivity index (χ0) is 35.4. The quantitative estimate of drug-likeness (QED) is 0.178. The van der Waals surface area contributed by atoms with Gasteiger partial charge in [0.1, 0.15) is 11.2 Å². The molecule has 7 aromatic rings. The molecular formula is C52H43NO. The lowest BCUT2D eigenvalue weighted by Gasteiger charge is -2.61. The Hall–Kier alpha value is -5.60. The van der Waals surface area contributed by atoms with Gasteiger partial charge in [0, 0.05) is 44.7 Å². The fourth-order valence-electron chi connectivity index (χ4n) is 12.3. The summed E-state index contributed by atoms with van der Waals surface area (Å²) < 4.78 is 6.48. The van der Waals surface area contributed by atoms with Gasteiger partial charge in [-0.2, -0.15) is 0 Å². The maximum Gasteiger partial charge on any atom is 0.143 e. The van der Waals surface area contributed by atoms with E-state index in [-0.39, 0.29) is 5.41 Å². The van der Waals surface area contributed by atoms with Crippen LogP contribution in [0.15, 0.2) is 162 Å². The van der Waals surface area contributed by atoms with Crippen LogP contribution in [0.1, 0.15) is 61.1 Å². The predicted octanol–water partition coefficient (Wildman–Crippen LogP) is 14.0. The molecule has 0 saturated heterocycles. The van der Waals surface area contributed by atoms with Gasteiger partial charge in [-0.05, 0) is 132 Å². The van der Waals surface area contributed by atoms with E-state index in [1.54, 1.807) is 11.1 Å². The monoisotopic (exact) mass is 697 g/mol. The van der Waals surface area contributed by atoms with E-state index >= 15 is 0 Å². The van der Waals surface area contributed by atoms with Gasteiger partial charge in [0.05, 0.1) is 0 Å². The van der Waals surface area contributed by atoms with Crippen molar-refractivity contribution in [1.82, 2.24) is 0 Å². The van der Waals surface area contributed by atoms with Crippen molar-refractivity contribution in [2.45, 2.75) is 49.9 Å². The number of anilines is 3. The summed E-state index contributed by atoms with van der Waals surface area (Å²) in [7, 11) is 0. The lowest BCUT2D eigenvalue weighted by molar-refractivity contribution is -0.0399. The number of furan rings is 1. The summed E-state index contributed by atoms with van der Waals surface area (Å²) in [5.74, 6) is 3.62. The minimum Gasteiger partial charge on any atom is -0.455 e. The molecule has 54 heavy (non-hydrogen) atoms. The van der Waals surface area contributed by atoms with Crippen LogP contribution in [0.2, 0.25) is 0 Å². The van der Waals surface area contributed by atoms with Crippen LogP contribution in [-0.4, -0.2) is 0 Å². The Morgan fingerprint density at radius 3 is 2.09 bits per heavy atom. The Morgan fingerprint density at radius 1 is 0.556 bits per heavy atom. The molecule has 1 aromatic heterocycles. The van der Waals surface area contributed by atoms with Crippen LogP contribution in [0.3, 0.4) is 0 Å². The summed E-state index contributed by atoms with van der Waals surface area (Å²) in [5, 5.41) is 2.33. The largest absolute Gasteiger partial charge is 0.455 e. The summed E-state index contributed by atoms with van der Waals surface area (Å²) in [6.45, 7) is 0. The minimum absolute atomic E-state index is 0.118. The molecule has 0 aliphatic heterocycles. The lowest BCUT2D eigenvalue weighted by Crippen LogP contribution is -2.55. The van der Waals surface area contributed by atoms with Crippen LogP contribution in [0, 0.1) is 23.7 Å². The molecule has 13 rings (SSSR count). The highest BCUT2D eigenvalue weighted by Crippen LogP contribution is 2.69. The summed E-state index contributed by atoms with van der Waals surface area (Å²) >= 11 is 0. The summed E-state index contributed by atoms with van der Waals surface area (Å²) in [6.07, 6.45) is 17.1. The Kier molecular flexibility index (Phi) is 6.68. The molecule has 6 aliphatic rings. The van der Waals surface area contributed by atoms with Gasteiger partial charge >= 0.3 is 0 Å². The van der Waals surface area contributed by atoms with E-state index in [9.17, 15) is 0 Å². The molecule has 1 heterocycles. The highest BCUT2D eigenvalue weighted by Gasteiger charge is 2.61. The lowest BCUT2D eigenvalue weighted by atomic mass is 9.43. The summed E-state index contributed by atoms with van der Waals surface area (Å²) in [5.41, 5.74) is 15.5. The molecule has 0 radical (unpaired) electrons. The molecule has 4 fully saturated rings. The molecule has 0 N–H and O–H groups in total. The van der Waals surface area contributed by atoms with Crippen LogP contribution >= 0.6 is 0 Å². The van der Waals surface area contributed by atoms with Crippen LogP contribution in [0.25, 0.3) is 44.2 Å². The molecule has 0 amide bonds. The molecule has 2 heteroatoms. The first-order chi connectivity index (χ1) is 26.7. The molecule has 1 unspecified atom stereocenters. The average Bonchev–Trinajstić information content (AvgIpc) is 3.75. The Labute approximate surface area is 317 Å².